The van der Waals surface area contributed by atoms with Gasteiger partial charge >= 0.3 is 0 Å². The van der Waals surface area contributed by atoms with E-state index in [1.54, 1.807) is 12.1 Å². The first-order valence-electron chi connectivity index (χ1n) is 13.5. The minimum Gasteiger partial charge on any atom is -0.380 e. The van der Waals surface area contributed by atoms with Crippen molar-refractivity contribution >= 4 is 5.91 Å². The number of piperidine rings is 1. The van der Waals surface area contributed by atoms with Crippen LogP contribution in [0.4, 0.5) is 4.39 Å². The highest BCUT2D eigenvalue weighted by Gasteiger charge is 2.53. The van der Waals surface area contributed by atoms with Gasteiger partial charge in [-0.2, -0.15) is 0 Å². The Morgan fingerprint density at radius 3 is 2.74 bits per heavy atom. The third-order valence-corrected chi connectivity index (χ3v) is 9.02. The van der Waals surface area contributed by atoms with Crippen LogP contribution in [0.1, 0.15) is 62.1 Å². The van der Waals surface area contributed by atoms with Gasteiger partial charge in [0.15, 0.2) is 0 Å². The average Bonchev–Trinajstić information content (AvgIpc) is 3.21. The lowest BCUT2D eigenvalue weighted by Crippen LogP contribution is -2.55. The van der Waals surface area contributed by atoms with Crippen LogP contribution in [0.2, 0.25) is 0 Å². The van der Waals surface area contributed by atoms with Crippen LogP contribution in [-0.2, 0) is 21.4 Å². The molecule has 2 fully saturated rings. The molecule has 0 saturated carbocycles. The third-order valence-electron chi connectivity index (χ3n) is 9.02. The second kappa shape index (κ2) is 10.4. The summed E-state index contributed by atoms with van der Waals surface area (Å²) in [5.41, 5.74) is 2.42. The number of rotatable bonds is 5. The van der Waals surface area contributed by atoms with Crippen LogP contribution in [0.25, 0.3) is 0 Å². The quantitative estimate of drug-likeness (QED) is 0.653. The van der Waals surface area contributed by atoms with Crippen molar-refractivity contribution in [1.82, 2.24) is 10.2 Å². The van der Waals surface area contributed by atoms with Crippen molar-refractivity contribution in [3.63, 3.8) is 0 Å². The molecule has 1 amide bonds. The van der Waals surface area contributed by atoms with E-state index in [4.69, 9.17) is 4.74 Å². The van der Waals surface area contributed by atoms with Crippen molar-refractivity contribution in [2.75, 3.05) is 32.8 Å². The van der Waals surface area contributed by atoms with Crippen LogP contribution >= 0.6 is 0 Å². The number of halogens is 1. The number of fused-ring (bicyclic) bond motifs is 2. The number of hydrogen-bond donors (Lipinski definition) is 1. The molecule has 3 aliphatic rings. The van der Waals surface area contributed by atoms with Crippen LogP contribution in [-0.4, -0.2) is 49.7 Å². The normalized spacial score (nSPS) is 28.8. The molecule has 5 rings (SSSR count). The molecule has 3 heterocycles. The summed E-state index contributed by atoms with van der Waals surface area (Å²) in [7, 11) is 0. The van der Waals surface area contributed by atoms with Gasteiger partial charge in [-0.3, -0.25) is 4.79 Å². The zero-order valence-corrected chi connectivity index (χ0v) is 21.1. The monoisotopic (exact) mass is 478 g/mol. The molecule has 4 nitrogen and oxygen atoms in total. The van der Waals surface area contributed by atoms with E-state index in [1.165, 1.54) is 5.56 Å². The third kappa shape index (κ3) is 4.42. The Morgan fingerprint density at radius 2 is 1.97 bits per heavy atom. The number of carbonyl (C=O) groups excluding carboxylic acids is 1. The van der Waals surface area contributed by atoms with E-state index in [1.807, 2.05) is 6.07 Å². The van der Waals surface area contributed by atoms with Gasteiger partial charge in [0.1, 0.15) is 5.82 Å². The second-order valence-electron chi connectivity index (χ2n) is 10.7. The Labute approximate surface area is 209 Å². The second-order valence-corrected chi connectivity index (χ2v) is 10.7. The van der Waals surface area contributed by atoms with Gasteiger partial charge in [0.05, 0.1) is 19.1 Å². The fraction of sp³-hybridized carbons (Fsp3) is 0.567. The van der Waals surface area contributed by atoms with E-state index in [0.29, 0.717) is 50.1 Å². The van der Waals surface area contributed by atoms with Crippen molar-refractivity contribution in [3.05, 3.63) is 71.0 Å². The van der Waals surface area contributed by atoms with Crippen molar-refractivity contribution < 1.29 is 13.9 Å². The van der Waals surface area contributed by atoms with Crippen LogP contribution in [0, 0.1) is 17.7 Å². The molecule has 1 spiro atoms. The van der Waals surface area contributed by atoms with E-state index in [-0.39, 0.29) is 23.7 Å². The largest absolute Gasteiger partial charge is 0.380 e. The number of nitrogens with one attached hydrogen (secondary N) is 1. The SMILES string of the molecule is CCC(CC)C1CC(c2ccccc2)CCN1C(=O)C1CNCC12COCCc1cccc(F)c12. The molecule has 1 N–H and O–H groups in total. The summed E-state index contributed by atoms with van der Waals surface area (Å²) in [6.07, 6.45) is 4.77. The Kier molecular flexibility index (Phi) is 7.26. The molecular formula is C30H39FN2O2. The van der Waals surface area contributed by atoms with Gasteiger partial charge in [-0.15, -0.1) is 0 Å². The van der Waals surface area contributed by atoms with Gasteiger partial charge in [0.2, 0.25) is 5.91 Å². The first-order valence-corrected chi connectivity index (χ1v) is 13.5. The summed E-state index contributed by atoms with van der Waals surface area (Å²) in [6, 6.07) is 16.3. The van der Waals surface area contributed by atoms with Gasteiger partial charge in [-0.1, -0.05) is 69.2 Å². The summed E-state index contributed by atoms with van der Waals surface area (Å²) in [5.74, 6) is 0.597. The summed E-state index contributed by atoms with van der Waals surface area (Å²) in [6.45, 7) is 7.35. The molecule has 0 bridgehead atoms. The average molecular weight is 479 g/mol. The lowest BCUT2D eigenvalue weighted by atomic mass is 9.69. The van der Waals surface area contributed by atoms with Crippen molar-refractivity contribution in [3.8, 4) is 0 Å². The zero-order valence-electron chi connectivity index (χ0n) is 21.1. The maximum Gasteiger partial charge on any atom is 0.228 e. The van der Waals surface area contributed by atoms with Crippen LogP contribution in [0.15, 0.2) is 48.5 Å². The number of hydrogen-bond acceptors (Lipinski definition) is 3. The Balaban J connectivity index is 1.48. The van der Waals surface area contributed by atoms with Crippen molar-refractivity contribution in [2.24, 2.45) is 11.8 Å². The molecule has 0 aliphatic carbocycles. The standard InChI is InChI=1S/C30H39FN2O2/c1-3-21(4-2)27-17-24(22-9-6-5-7-10-22)13-15-33(27)29(34)25-18-32-19-30(25)20-35-16-14-23-11-8-12-26(31)28(23)30/h5-12,21,24-25,27,32H,3-4,13-20H2,1-2H3. The first kappa shape index (κ1) is 24.5. The number of nitrogens with zero attached hydrogens (tertiary/aromatic N) is 1. The lowest BCUT2D eigenvalue weighted by molar-refractivity contribution is -0.143. The van der Waals surface area contributed by atoms with Gasteiger partial charge in [-0.05, 0) is 48.3 Å². The number of ether oxygens (including phenoxy) is 1. The minimum absolute atomic E-state index is 0.179. The van der Waals surface area contributed by atoms with Gasteiger partial charge in [0, 0.05) is 36.7 Å². The van der Waals surface area contributed by atoms with Crippen molar-refractivity contribution in [2.45, 2.75) is 63.3 Å². The molecule has 0 aromatic heterocycles. The summed E-state index contributed by atoms with van der Waals surface area (Å²) < 4.78 is 21.4. The number of likely N-dealkylation sites (tertiary alicyclic amines) is 1. The summed E-state index contributed by atoms with van der Waals surface area (Å²) in [4.78, 5) is 16.6. The highest BCUT2D eigenvalue weighted by Crippen LogP contribution is 2.44. The van der Waals surface area contributed by atoms with E-state index >= 15 is 4.39 Å². The van der Waals surface area contributed by atoms with Gasteiger partial charge < -0.3 is 15.0 Å². The summed E-state index contributed by atoms with van der Waals surface area (Å²) >= 11 is 0. The number of amides is 1. The molecule has 2 aromatic rings. The molecule has 2 saturated heterocycles. The molecule has 4 atom stereocenters. The van der Waals surface area contributed by atoms with Crippen LogP contribution in [0.5, 0.6) is 0 Å². The number of carbonyl (C=O) groups is 1. The number of benzene rings is 2. The van der Waals surface area contributed by atoms with E-state index in [2.05, 4.69) is 54.4 Å². The smallest absolute Gasteiger partial charge is 0.228 e. The van der Waals surface area contributed by atoms with Crippen molar-refractivity contribution in [1.29, 1.82) is 0 Å². The Hall–Kier alpha value is -2.24. The lowest BCUT2D eigenvalue weighted by Gasteiger charge is -2.46. The Morgan fingerprint density at radius 1 is 1.17 bits per heavy atom. The molecule has 3 aliphatic heterocycles. The Bertz CT molecular complexity index is 1020. The zero-order chi connectivity index (χ0) is 24.4. The van der Waals surface area contributed by atoms with E-state index in [9.17, 15) is 4.79 Å². The highest BCUT2D eigenvalue weighted by atomic mass is 19.1. The summed E-state index contributed by atoms with van der Waals surface area (Å²) in [5, 5.41) is 3.46. The first-order chi connectivity index (χ1) is 17.1. The molecule has 4 unspecified atom stereocenters. The molecule has 2 aromatic carbocycles. The molecule has 188 valence electrons. The topological polar surface area (TPSA) is 41.6 Å². The van der Waals surface area contributed by atoms with Gasteiger partial charge in [0.25, 0.3) is 0 Å². The van der Waals surface area contributed by atoms with Gasteiger partial charge in [-0.25, -0.2) is 4.39 Å². The fourth-order valence-corrected chi connectivity index (χ4v) is 7.12. The molecule has 5 heteroatoms. The molecule has 0 radical (unpaired) electrons. The maximum atomic E-state index is 15.4. The molecule has 35 heavy (non-hydrogen) atoms. The predicted octanol–water partition coefficient (Wildman–Crippen LogP) is 5.07. The predicted molar refractivity (Wildman–Crippen MR) is 137 cm³/mol. The molecular weight excluding hydrogens is 439 g/mol. The van der Waals surface area contributed by atoms with E-state index < -0.39 is 5.41 Å². The highest BCUT2D eigenvalue weighted by molar-refractivity contribution is 5.82. The van der Waals surface area contributed by atoms with Crippen LogP contribution < -0.4 is 5.32 Å². The minimum atomic E-state index is -0.650. The van der Waals surface area contributed by atoms with Crippen LogP contribution in [0.3, 0.4) is 0 Å². The maximum absolute atomic E-state index is 15.4. The fourth-order valence-electron chi connectivity index (χ4n) is 7.12. The van der Waals surface area contributed by atoms with E-state index in [0.717, 1.165) is 37.8 Å².